The molecule has 156 valence electrons. The van der Waals surface area contributed by atoms with Crippen LogP contribution in [-0.2, 0) is 11.3 Å². The zero-order valence-corrected chi connectivity index (χ0v) is 17.2. The Labute approximate surface area is 171 Å². The highest BCUT2D eigenvalue weighted by atomic mass is 16.5. The van der Waals surface area contributed by atoms with Gasteiger partial charge < -0.3 is 20.1 Å². The Hall–Kier alpha value is -2.87. The Morgan fingerprint density at radius 3 is 2.41 bits per heavy atom. The second-order valence-corrected chi connectivity index (χ2v) is 7.72. The van der Waals surface area contributed by atoms with Crippen molar-refractivity contribution < 1.29 is 14.1 Å². The normalized spacial score (nSPS) is 15.9. The summed E-state index contributed by atoms with van der Waals surface area (Å²) in [7, 11) is 0. The fraction of sp³-hybridized carbons (Fsp3) is 0.476. The monoisotopic (exact) mass is 399 g/mol. The average molecular weight is 399 g/mol. The van der Waals surface area contributed by atoms with E-state index in [-0.39, 0.29) is 17.9 Å². The van der Waals surface area contributed by atoms with E-state index in [2.05, 4.69) is 20.7 Å². The molecule has 1 fully saturated rings. The van der Waals surface area contributed by atoms with Crippen LogP contribution in [0.25, 0.3) is 0 Å². The van der Waals surface area contributed by atoms with Gasteiger partial charge >= 0.3 is 6.03 Å². The number of aromatic nitrogens is 1. The van der Waals surface area contributed by atoms with E-state index in [1.807, 2.05) is 49.9 Å². The molecule has 1 aliphatic heterocycles. The van der Waals surface area contributed by atoms with E-state index < -0.39 is 6.04 Å². The van der Waals surface area contributed by atoms with Gasteiger partial charge in [-0.25, -0.2) is 4.79 Å². The third-order valence-corrected chi connectivity index (χ3v) is 4.99. The number of benzene rings is 1. The van der Waals surface area contributed by atoms with Gasteiger partial charge in [-0.1, -0.05) is 37.2 Å². The number of hydrogen-bond donors (Lipinski definition) is 2. The van der Waals surface area contributed by atoms with Gasteiger partial charge in [0.15, 0.2) is 5.76 Å². The highest BCUT2D eigenvalue weighted by Gasteiger charge is 2.31. The van der Waals surface area contributed by atoms with Crippen molar-refractivity contribution in [3.8, 4) is 0 Å². The molecular weight excluding hydrogens is 370 g/mol. The fourth-order valence-electron chi connectivity index (χ4n) is 3.38. The molecule has 0 spiro atoms. The minimum atomic E-state index is -0.567. The Morgan fingerprint density at radius 1 is 1.14 bits per heavy atom. The number of piperazine rings is 1. The minimum Gasteiger partial charge on any atom is -0.360 e. The van der Waals surface area contributed by atoms with Gasteiger partial charge in [-0.05, 0) is 25.0 Å². The van der Waals surface area contributed by atoms with Crippen molar-refractivity contribution in [2.75, 3.05) is 31.5 Å². The van der Waals surface area contributed by atoms with Crippen LogP contribution in [0.4, 0.5) is 10.5 Å². The summed E-state index contributed by atoms with van der Waals surface area (Å²) in [4.78, 5) is 29.5. The smallest absolute Gasteiger partial charge is 0.319 e. The molecule has 1 aliphatic rings. The van der Waals surface area contributed by atoms with Gasteiger partial charge in [-0.15, -0.1) is 0 Å². The predicted molar refractivity (Wildman–Crippen MR) is 110 cm³/mol. The number of carbonyl (C=O) groups excluding carboxylic acids is 2. The first-order chi connectivity index (χ1) is 13.9. The second-order valence-electron chi connectivity index (χ2n) is 7.72. The van der Waals surface area contributed by atoms with Crippen LogP contribution < -0.4 is 10.6 Å². The first-order valence-electron chi connectivity index (χ1n) is 9.98. The van der Waals surface area contributed by atoms with Crippen molar-refractivity contribution >= 4 is 17.6 Å². The van der Waals surface area contributed by atoms with E-state index in [1.165, 1.54) is 0 Å². The molecule has 3 amide bonds. The number of urea groups is 1. The maximum atomic E-state index is 13.0. The lowest BCUT2D eigenvalue weighted by Gasteiger charge is -2.36. The molecule has 1 aromatic heterocycles. The van der Waals surface area contributed by atoms with Crippen molar-refractivity contribution in [3.05, 3.63) is 47.9 Å². The molecule has 2 aromatic rings. The SMILES string of the molecule is Cc1cc(CN2CCN(C(=O)C(NC(=O)Nc3ccccc3)C(C)C)CC2)on1. The molecule has 1 atom stereocenters. The van der Waals surface area contributed by atoms with Crippen molar-refractivity contribution in [2.24, 2.45) is 5.92 Å². The highest BCUT2D eigenvalue weighted by molar-refractivity contribution is 5.93. The maximum absolute atomic E-state index is 13.0. The Morgan fingerprint density at radius 2 is 1.83 bits per heavy atom. The van der Waals surface area contributed by atoms with E-state index in [1.54, 1.807) is 12.1 Å². The highest BCUT2D eigenvalue weighted by Crippen LogP contribution is 2.13. The van der Waals surface area contributed by atoms with Crippen LogP contribution in [0.3, 0.4) is 0 Å². The lowest BCUT2D eigenvalue weighted by molar-refractivity contribution is -0.136. The molecule has 8 nitrogen and oxygen atoms in total. The summed E-state index contributed by atoms with van der Waals surface area (Å²) in [5, 5.41) is 9.53. The van der Waals surface area contributed by atoms with Crippen LogP contribution in [0.15, 0.2) is 40.9 Å². The van der Waals surface area contributed by atoms with E-state index >= 15 is 0 Å². The summed E-state index contributed by atoms with van der Waals surface area (Å²) in [6.07, 6.45) is 0. The molecule has 0 aliphatic carbocycles. The molecule has 8 heteroatoms. The minimum absolute atomic E-state index is 0.0146. The van der Waals surface area contributed by atoms with Gasteiger partial charge in [0.1, 0.15) is 6.04 Å². The number of amides is 3. The molecular formula is C21H29N5O3. The van der Waals surface area contributed by atoms with Gasteiger partial charge in [0.2, 0.25) is 5.91 Å². The number of nitrogens with one attached hydrogen (secondary N) is 2. The van der Waals surface area contributed by atoms with Crippen molar-refractivity contribution in [3.63, 3.8) is 0 Å². The van der Waals surface area contributed by atoms with Gasteiger partial charge in [0.25, 0.3) is 0 Å². The van der Waals surface area contributed by atoms with Gasteiger partial charge in [0, 0.05) is 37.9 Å². The number of nitrogens with zero attached hydrogens (tertiary/aromatic N) is 3. The number of para-hydroxylation sites is 1. The molecule has 0 bridgehead atoms. The molecule has 0 saturated carbocycles. The van der Waals surface area contributed by atoms with Crippen LogP contribution in [0.5, 0.6) is 0 Å². The van der Waals surface area contributed by atoms with Gasteiger partial charge in [-0.2, -0.15) is 0 Å². The van der Waals surface area contributed by atoms with Crippen LogP contribution in [0.1, 0.15) is 25.3 Å². The van der Waals surface area contributed by atoms with Crippen LogP contribution in [0, 0.1) is 12.8 Å². The summed E-state index contributed by atoms with van der Waals surface area (Å²) in [5.41, 5.74) is 1.56. The van der Waals surface area contributed by atoms with Crippen molar-refractivity contribution in [2.45, 2.75) is 33.4 Å². The third-order valence-electron chi connectivity index (χ3n) is 4.99. The van der Waals surface area contributed by atoms with Gasteiger partial charge in [-0.3, -0.25) is 9.69 Å². The van der Waals surface area contributed by atoms with Crippen LogP contribution in [0.2, 0.25) is 0 Å². The molecule has 29 heavy (non-hydrogen) atoms. The summed E-state index contributed by atoms with van der Waals surface area (Å²) in [6, 6.07) is 10.2. The number of rotatable bonds is 6. The lowest BCUT2D eigenvalue weighted by Crippen LogP contribution is -2.56. The van der Waals surface area contributed by atoms with E-state index in [0.29, 0.717) is 25.3 Å². The summed E-state index contributed by atoms with van der Waals surface area (Å²) >= 11 is 0. The standard InChI is InChI=1S/C21H29N5O3/c1-15(2)19(23-21(28)22-17-7-5-4-6-8-17)20(27)26-11-9-25(10-12-26)14-18-13-16(3)24-29-18/h4-8,13,15,19H,9-12,14H2,1-3H3,(H2,22,23,28). The summed E-state index contributed by atoms with van der Waals surface area (Å²) < 4.78 is 5.28. The molecule has 1 saturated heterocycles. The Balaban J connectivity index is 1.52. The predicted octanol–water partition coefficient (Wildman–Crippen LogP) is 2.47. The van der Waals surface area contributed by atoms with E-state index in [0.717, 1.165) is 24.5 Å². The van der Waals surface area contributed by atoms with Gasteiger partial charge in [0.05, 0.1) is 12.2 Å². The summed E-state index contributed by atoms with van der Waals surface area (Å²) in [5.74, 6) is 0.777. The lowest BCUT2D eigenvalue weighted by atomic mass is 10.0. The van der Waals surface area contributed by atoms with Crippen molar-refractivity contribution in [1.29, 1.82) is 0 Å². The second kappa shape index (κ2) is 9.56. The molecule has 2 N–H and O–H groups in total. The molecule has 1 unspecified atom stereocenters. The number of hydrogen-bond acceptors (Lipinski definition) is 5. The molecule has 2 heterocycles. The zero-order valence-electron chi connectivity index (χ0n) is 17.2. The Bertz CT molecular complexity index is 813. The first-order valence-corrected chi connectivity index (χ1v) is 9.98. The summed E-state index contributed by atoms with van der Waals surface area (Å²) in [6.45, 7) is 9.22. The number of aryl methyl sites for hydroxylation is 1. The van der Waals surface area contributed by atoms with Crippen LogP contribution >= 0.6 is 0 Å². The quantitative estimate of drug-likeness (QED) is 0.779. The number of anilines is 1. The maximum Gasteiger partial charge on any atom is 0.319 e. The third kappa shape index (κ3) is 5.80. The van der Waals surface area contributed by atoms with E-state index in [4.69, 9.17) is 4.52 Å². The van der Waals surface area contributed by atoms with E-state index in [9.17, 15) is 9.59 Å². The molecule has 0 radical (unpaired) electrons. The first kappa shape index (κ1) is 20.9. The van der Waals surface area contributed by atoms with Crippen LogP contribution in [-0.4, -0.2) is 59.1 Å². The topological polar surface area (TPSA) is 90.7 Å². The average Bonchev–Trinajstić information content (AvgIpc) is 3.11. The molecule has 1 aromatic carbocycles. The van der Waals surface area contributed by atoms with Crippen molar-refractivity contribution in [1.82, 2.24) is 20.3 Å². The molecule has 3 rings (SSSR count). The number of carbonyl (C=O) groups is 2. The zero-order chi connectivity index (χ0) is 20.8. The fourth-order valence-corrected chi connectivity index (χ4v) is 3.38. The largest absolute Gasteiger partial charge is 0.360 e. The Kier molecular flexibility index (Phi) is 6.87.